The number of hydrogen-bond donors (Lipinski definition) is 1. The van der Waals surface area contributed by atoms with Gasteiger partial charge in [-0.15, -0.1) is 0 Å². The first-order valence-corrected chi connectivity index (χ1v) is 7.42. The Hall–Kier alpha value is -1.56. The molecule has 0 aromatic carbocycles. The van der Waals surface area contributed by atoms with Gasteiger partial charge in [0.15, 0.2) is 0 Å². The van der Waals surface area contributed by atoms with E-state index in [1.807, 2.05) is 20.8 Å². The summed E-state index contributed by atoms with van der Waals surface area (Å²) >= 11 is 5.73. The number of hydrogen-bond acceptors (Lipinski definition) is 5. The van der Waals surface area contributed by atoms with Crippen LogP contribution < -0.4 is 10.2 Å². The lowest BCUT2D eigenvalue weighted by atomic mass is 10.1. The number of fused-ring (bicyclic) bond motifs is 1. The molecule has 2 unspecified atom stereocenters. The van der Waals surface area contributed by atoms with Crippen LogP contribution in [-0.4, -0.2) is 40.8 Å². The molecule has 21 heavy (non-hydrogen) atoms. The Labute approximate surface area is 128 Å². The maximum atomic E-state index is 11.7. The van der Waals surface area contributed by atoms with Crippen LogP contribution in [-0.2, 0) is 4.74 Å². The maximum Gasteiger partial charge on any atom is 0.407 e. The number of ether oxygens (including phenoxy) is 1. The largest absolute Gasteiger partial charge is 0.445 e. The van der Waals surface area contributed by atoms with E-state index >= 15 is 0 Å². The molecule has 1 saturated carbocycles. The predicted molar refractivity (Wildman–Crippen MR) is 79.4 cm³/mol. The quantitative estimate of drug-likeness (QED) is 0.906. The molecule has 1 N–H and O–H groups in total. The van der Waals surface area contributed by atoms with E-state index < -0.39 is 0 Å². The minimum Gasteiger partial charge on any atom is -0.445 e. The van der Waals surface area contributed by atoms with Crippen LogP contribution in [0.1, 0.15) is 20.8 Å². The summed E-state index contributed by atoms with van der Waals surface area (Å²) < 4.78 is 5.47. The monoisotopic (exact) mass is 310 g/mol. The van der Waals surface area contributed by atoms with Crippen molar-refractivity contribution < 1.29 is 9.53 Å². The highest BCUT2D eigenvalue weighted by Crippen LogP contribution is 2.48. The number of halogens is 1. The van der Waals surface area contributed by atoms with E-state index in [0.717, 1.165) is 18.9 Å². The van der Waals surface area contributed by atoms with Crippen molar-refractivity contribution in [2.24, 2.45) is 11.8 Å². The number of nitrogens with zero attached hydrogens (tertiary/aromatic N) is 3. The molecule has 3 rings (SSSR count). The van der Waals surface area contributed by atoms with Gasteiger partial charge in [-0.05, 0) is 20.8 Å². The molecular weight excluding hydrogens is 292 g/mol. The van der Waals surface area contributed by atoms with E-state index in [-0.39, 0.29) is 17.7 Å². The number of carbonyl (C=O) groups is 1. The van der Waals surface area contributed by atoms with Crippen LogP contribution in [0.2, 0.25) is 5.15 Å². The fraction of sp³-hybridized carbons (Fsp3) is 0.643. The van der Waals surface area contributed by atoms with Gasteiger partial charge in [-0.2, -0.15) is 0 Å². The van der Waals surface area contributed by atoms with Crippen LogP contribution >= 0.6 is 11.6 Å². The maximum absolute atomic E-state index is 11.7. The second-order valence-electron chi connectivity index (χ2n) is 6.67. The number of piperidine rings is 1. The second kappa shape index (κ2) is 5.02. The molecule has 2 heterocycles. The molecule has 1 aromatic heterocycles. The van der Waals surface area contributed by atoms with E-state index in [0.29, 0.717) is 17.0 Å². The SMILES string of the molecule is CC(C)(C)NC(=O)OC1C2CN(c3cnc(Cl)cn3)CC21. The van der Waals surface area contributed by atoms with Gasteiger partial charge in [0, 0.05) is 30.5 Å². The molecule has 0 bridgehead atoms. The molecule has 6 nitrogen and oxygen atoms in total. The van der Waals surface area contributed by atoms with Gasteiger partial charge in [-0.3, -0.25) is 0 Å². The van der Waals surface area contributed by atoms with Crippen molar-refractivity contribution in [3.63, 3.8) is 0 Å². The molecule has 0 radical (unpaired) electrons. The van der Waals surface area contributed by atoms with Gasteiger partial charge in [0.2, 0.25) is 0 Å². The first-order chi connectivity index (χ1) is 9.83. The Bertz CT molecular complexity index is 531. The summed E-state index contributed by atoms with van der Waals surface area (Å²) in [5, 5.41) is 3.21. The van der Waals surface area contributed by atoms with E-state index in [9.17, 15) is 4.79 Å². The van der Waals surface area contributed by atoms with Crippen molar-refractivity contribution in [3.05, 3.63) is 17.5 Å². The van der Waals surface area contributed by atoms with Gasteiger partial charge < -0.3 is 15.0 Å². The smallest absolute Gasteiger partial charge is 0.407 e. The van der Waals surface area contributed by atoms with Gasteiger partial charge >= 0.3 is 6.09 Å². The molecule has 2 aliphatic rings. The Morgan fingerprint density at radius 3 is 2.52 bits per heavy atom. The zero-order chi connectivity index (χ0) is 15.2. The number of alkyl carbamates (subject to hydrolysis) is 1. The topological polar surface area (TPSA) is 67.3 Å². The fourth-order valence-electron chi connectivity index (χ4n) is 2.76. The van der Waals surface area contributed by atoms with Crippen molar-refractivity contribution in [1.82, 2.24) is 15.3 Å². The summed E-state index contributed by atoms with van der Waals surface area (Å²) in [6.45, 7) is 7.48. The summed E-state index contributed by atoms with van der Waals surface area (Å²) in [4.78, 5) is 22.2. The molecule has 2 fully saturated rings. The van der Waals surface area contributed by atoms with E-state index in [4.69, 9.17) is 16.3 Å². The third kappa shape index (κ3) is 3.20. The van der Waals surface area contributed by atoms with E-state index in [1.165, 1.54) is 0 Å². The number of anilines is 1. The normalized spacial score (nSPS) is 27.2. The van der Waals surface area contributed by atoms with Gasteiger partial charge in [-0.25, -0.2) is 14.8 Å². The summed E-state index contributed by atoms with van der Waals surface area (Å²) in [6, 6.07) is 0. The third-order valence-electron chi connectivity index (χ3n) is 3.77. The molecule has 1 aromatic rings. The number of carbonyl (C=O) groups excluding carboxylic acids is 1. The number of rotatable bonds is 2. The van der Waals surface area contributed by atoms with Crippen molar-refractivity contribution in [2.75, 3.05) is 18.0 Å². The standard InChI is InChI=1S/C14H19ClN4O2/c1-14(2,3)18-13(20)21-12-8-6-19(7-9(8)12)11-5-16-10(15)4-17-11/h4-5,8-9,12H,6-7H2,1-3H3,(H,18,20). The summed E-state index contributed by atoms with van der Waals surface area (Å²) in [5.41, 5.74) is -0.272. The summed E-state index contributed by atoms with van der Waals surface area (Å²) in [6.07, 6.45) is 2.92. The van der Waals surface area contributed by atoms with Gasteiger partial charge in [0.1, 0.15) is 17.1 Å². The summed E-state index contributed by atoms with van der Waals surface area (Å²) in [5.74, 6) is 1.62. The third-order valence-corrected chi connectivity index (χ3v) is 3.96. The molecule has 1 aliphatic heterocycles. The van der Waals surface area contributed by atoms with E-state index in [1.54, 1.807) is 12.4 Å². The van der Waals surface area contributed by atoms with Crippen LogP contribution in [0.15, 0.2) is 12.4 Å². The molecule has 1 aliphatic carbocycles. The molecule has 1 amide bonds. The zero-order valence-corrected chi connectivity index (χ0v) is 13.1. The zero-order valence-electron chi connectivity index (χ0n) is 12.3. The number of nitrogens with one attached hydrogen (secondary N) is 1. The molecule has 2 atom stereocenters. The van der Waals surface area contributed by atoms with Gasteiger partial charge in [-0.1, -0.05) is 11.6 Å². The van der Waals surface area contributed by atoms with Crippen LogP contribution in [0.5, 0.6) is 0 Å². The van der Waals surface area contributed by atoms with Crippen LogP contribution in [0.3, 0.4) is 0 Å². The second-order valence-corrected chi connectivity index (χ2v) is 7.06. The Kier molecular flexibility index (Phi) is 3.43. The highest BCUT2D eigenvalue weighted by atomic mass is 35.5. The Morgan fingerprint density at radius 2 is 2.00 bits per heavy atom. The molecule has 1 saturated heterocycles. The lowest BCUT2D eigenvalue weighted by Crippen LogP contribution is -2.42. The summed E-state index contributed by atoms with van der Waals surface area (Å²) in [7, 11) is 0. The first kappa shape index (κ1) is 14.4. The van der Waals surface area contributed by atoms with Gasteiger partial charge in [0.05, 0.1) is 12.4 Å². The molecule has 114 valence electrons. The lowest BCUT2D eigenvalue weighted by Gasteiger charge is -2.22. The molecular formula is C14H19ClN4O2. The van der Waals surface area contributed by atoms with Crippen LogP contribution in [0, 0.1) is 11.8 Å². The van der Waals surface area contributed by atoms with Crippen molar-refractivity contribution in [2.45, 2.75) is 32.4 Å². The minimum atomic E-state index is -0.334. The van der Waals surface area contributed by atoms with Crippen molar-refractivity contribution in [1.29, 1.82) is 0 Å². The average molecular weight is 311 g/mol. The Balaban J connectivity index is 1.50. The highest BCUT2D eigenvalue weighted by Gasteiger charge is 2.59. The van der Waals surface area contributed by atoms with Crippen LogP contribution in [0.4, 0.5) is 10.6 Å². The number of aromatic nitrogens is 2. The number of amides is 1. The van der Waals surface area contributed by atoms with Crippen molar-refractivity contribution >= 4 is 23.5 Å². The minimum absolute atomic E-state index is 0.0314. The van der Waals surface area contributed by atoms with Crippen LogP contribution in [0.25, 0.3) is 0 Å². The molecule has 7 heteroatoms. The highest BCUT2D eigenvalue weighted by molar-refractivity contribution is 6.29. The fourth-order valence-corrected chi connectivity index (χ4v) is 2.86. The van der Waals surface area contributed by atoms with Crippen molar-refractivity contribution in [3.8, 4) is 0 Å². The Morgan fingerprint density at radius 1 is 1.33 bits per heavy atom. The predicted octanol–water partition coefficient (Wildman–Crippen LogP) is 2.09. The lowest BCUT2D eigenvalue weighted by molar-refractivity contribution is 0.119. The average Bonchev–Trinajstić information content (AvgIpc) is 2.83. The first-order valence-electron chi connectivity index (χ1n) is 7.05. The molecule has 0 spiro atoms. The van der Waals surface area contributed by atoms with Gasteiger partial charge in [0.25, 0.3) is 0 Å². The van der Waals surface area contributed by atoms with E-state index in [2.05, 4.69) is 20.2 Å².